The molecular weight excluding hydrogens is 409 g/mol. The van der Waals surface area contributed by atoms with Crippen LogP contribution in [0, 0.1) is 0 Å². The number of halogens is 2. The molecule has 2 amide bonds. The summed E-state index contributed by atoms with van der Waals surface area (Å²) in [6.07, 6.45) is 0.361. The van der Waals surface area contributed by atoms with Crippen LogP contribution in [-0.2, 0) is 11.4 Å². The summed E-state index contributed by atoms with van der Waals surface area (Å²) >= 11 is 12.1. The zero-order chi connectivity index (χ0) is 21.0. The first-order valence-corrected chi connectivity index (χ1v) is 10.3. The van der Waals surface area contributed by atoms with Crippen molar-refractivity contribution >= 4 is 34.9 Å². The number of nitrogens with one attached hydrogen (secondary N) is 1. The minimum atomic E-state index is -0.329. The Morgan fingerprint density at radius 2 is 1.90 bits per heavy atom. The average Bonchev–Trinajstić information content (AvgIpc) is 3.11. The lowest BCUT2D eigenvalue weighted by atomic mass is 10.0. The molecule has 0 bridgehead atoms. The lowest BCUT2D eigenvalue weighted by Crippen LogP contribution is -2.50. The molecule has 154 valence electrons. The van der Waals surface area contributed by atoms with Crippen LogP contribution in [-0.4, -0.2) is 34.8 Å². The number of urea groups is 1. The average molecular weight is 434 g/mol. The maximum atomic E-state index is 12.9. The van der Waals surface area contributed by atoms with E-state index in [1.165, 1.54) is 0 Å². The van der Waals surface area contributed by atoms with Crippen LogP contribution in [0.4, 0.5) is 4.79 Å². The summed E-state index contributed by atoms with van der Waals surface area (Å²) in [6.45, 7) is 6.80. The molecule has 1 aliphatic heterocycles. The molecule has 1 aliphatic rings. The van der Waals surface area contributed by atoms with Crippen LogP contribution in [0.5, 0.6) is 0 Å². The van der Waals surface area contributed by atoms with Crippen LogP contribution < -0.4 is 5.32 Å². The van der Waals surface area contributed by atoms with E-state index in [0.29, 0.717) is 29.6 Å². The molecule has 0 saturated carbocycles. The molecule has 1 atom stereocenters. The predicted octanol–water partition coefficient (Wildman–Crippen LogP) is 5.50. The van der Waals surface area contributed by atoms with Crippen LogP contribution >= 0.6 is 23.2 Å². The highest BCUT2D eigenvalue weighted by atomic mass is 35.5. The van der Waals surface area contributed by atoms with Gasteiger partial charge in [-0.25, -0.2) is 4.79 Å². The second kappa shape index (κ2) is 9.06. The van der Waals surface area contributed by atoms with E-state index in [0.717, 1.165) is 16.8 Å². The summed E-state index contributed by atoms with van der Waals surface area (Å²) in [7, 11) is 0. The van der Waals surface area contributed by atoms with Crippen molar-refractivity contribution in [1.29, 1.82) is 0 Å². The number of hydrogen-bond acceptors (Lipinski definition) is 3. The number of hydrogen-bond donors (Lipinski definition) is 1. The molecule has 3 rings (SSSR count). The third kappa shape index (κ3) is 6.12. The first kappa shape index (κ1) is 21.5. The van der Waals surface area contributed by atoms with Gasteiger partial charge in [0.1, 0.15) is 0 Å². The van der Waals surface area contributed by atoms with Gasteiger partial charge in [0.2, 0.25) is 0 Å². The fourth-order valence-corrected chi connectivity index (χ4v) is 3.34. The van der Waals surface area contributed by atoms with Crippen molar-refractivity contribution in [2.24, 2.45) is 5.16 Å². The first-order valence-electron chi connectivity index (χ1n) is 9.50. The zero-order valence-electron chi connectivity index (χ0n) is 16.8. The quantitative estimate of drug-likeness (QED) is 0.676. The third-order valence-electron chi connectivity index (χ3n) is 4.40. The molecule has 29 heavy (non-hydrogen) atoms. The Kier molecular flexibility index (Phi) is 6.70. The molecule has 0 unspecified atom stereocenters. The van der Waals surface area contributed by atoms with E-state index in [4.69, 9.17) is 28.0 Å². The first-order chi connectivity index (χ1) is 13.7. The lowest BCUT2D eigenvalue weighted by molar-refractivity contribution is 0.0580. The molecule has 7 heteroatoms. The number of carbonyl (C=O) groups excluding carboxylic acids is 1. The van der Waals surface area contributed by atoms with Gasteiger partial charge in [-0.05, 0) is 38.5 Å². The second-order valence-corrected chi connectivity index (χ2v) is 8.96. The number of carbonyl (C=O) groups is 1. The standard InChI is InChI=1S/C22H25Cl2N3O2/c1-22(2,3)25-21(28)27(13-15-7-5-4-6-8-15)14-17-12-20(26-29-17)16-9-10-18(23)19(24)11-16/h4-11,17H,12-14H2,1-3H3,(H,25,28)/t17-/m1/s1. The Hall–Kier alpha value is -2.24. The van der Waals surface area contributed by atoms with Gasteiger partial charge in [0, 0.05) is 24.1 Å². The van der Waals surface area contributed by atoms with Crippen molar-refractivity contribution in [3.8, 4) is 0 Å². The molecule has 1 heterocycles. The smallest absolute Gasteiger partial charge is 0.318 e. The van der Waals surface area contributed by atoms with Gasteiger partial charge in [-0.2, -0.15) is 0 Å². The van der Waals surface area contributed by atoms with Crippen molar-refractivity contribution in [3.05, 3.63) is 69.7 Å². The Bertz CT molecular complexity index is 895. The van der Waals surface area contributed by atoms with Crippen LogP contribution in [0.2, 0.25) is 10.0 Å². The van der Waals surface area contributed by atoms with Crippen LogP contribution in [0.15, 0.2) is 53.7 Å². The molecule has 0 aromatic heterocycles. The highest BCUT2D eigenvalue weighted by Gasteiger charge is 2.28. The van der Waals surface area contributed by atoms with E-state index < -0.39 is 0 Å². The third-order valence-corrected chi connectivity index (χ3v) is 5.13. The maximum Gasteiger partial charge on any atom is 0.318 e. The van der Waals surface area contributed by atoms with Crippen molar-refractivity contribution in [2.75, 3.05) is 6.54 Å². The summed E-state index contributed by atoms with van der Waals surface area (Å²) in [4.78, 5) is 20.3. The second-order valence-electron chi connectivity index (χ2n) is 8.14. The van der Waals surface area contributed by atoms with E-state index in [9.17, 15) is 4.79 Å². The van der Waals surface area contributed by atoms with E-state index in [1.807, 2.05) is 57.2 Å². The Balaban J connectivity index is 1.69. The van der Waals surface area contributed by atoms with Crippen molar-refractivity contribution < 1.29 is 9.63 Å². The van der Waals surface area contributed by atoms with E-state index in [1.54, 1.807) is 17.0 Å². The topological polar surface area (TPSA) is 53.9 Å². The normalized spacial score (nSPS) is 16.2. The number of benzene rings is 2. The Labute approximate surface area is 181 Å². The van der Waals surface area contributed by atoms with Crippen molar-refractivity contribution in [2.45, 2.75) is 45.4 Å². The van der Waals surface area contributed by atoms with Crippen LogP contribution in [0.3, 0.4) is 0 Å². The molecule has 5 nitrogen and oxygen atoms in total. The van der Waals surface area contributed by atoms with Crippen LogP contribution in [0.1, 0.15) is 38.3 Å². The van der Waals surface area contributed by atoms with Gasteiger partial charge in [-0.3, -0.25) is 0 Å². The molecule has 0 saturated heterocycles. The SMILES string of the molecule is CC(C)(C)NC(=O)N(Cc1ccccc1)C[C@H]1CC(c2ccc(Cl)c(Cl)c2)=NO1. The van der Waals surface area contributed by atoms with Gasteiger partial charge in [0.15, 0.2) is 6.10 Å². The van der Waals surface area contributed by atoms with Gasteiger partial charge in [-0.15, -0.1) is 0 Å². The number of oxime groups is 1. The molecule has 0 aliphatic carbocycles. The summed E-state index contributed by atoms with van der Waals surface area (Å²) in [5, 5.41) is 8.22. The highest BCUT2D eigenvalue weighted by molar-refractivity contribution is 6.42. The highest BCUT2D eigenvalue weighted by Crippen LogP contribution is 2.26. The van der Waals surface area contributed by atoms with Crippen molar-refractivity contribution in [1.82, 2.24) is 10.2 Å². The maximum absolute atomic E-state index is 12.9. The molecule has 0 spiro atoms. The lowest BCUT2D eigenvalue weighted by Gasteiger charge is -2.29. The summed E-state index contributed by atoms with van der Waals surface area (Å²) < 4.78 is 0. The van der Waals surface area contributed by atoms with Gasteiger partial charge >= 0.3 is 6.03 Å². The number of rotatable bonds is 5. The minimum Gasteiger partial charge on any atom is -0.390 e. The van der Waals surface area contributed by atoms with Gasteiger partial charge in [0.05, 0.1) is 22.3 Å². The molecule has 2 aromatic rings. The Morgan fingerprint density at radius 1 is 1.17 bits per heavy atom. The van der Waals surface area contributed by atoms with E-state index in [-0.39, 0.29) is 17.7 Å². The largest absolute Gasteiger partial charge is 0.390 e. The summed E-state index contributed by atoms with van der Waals surface area (Å²) in [6, 6.07) is 15.2. The molecule has 2 aromatic carbocycles. The fraction of sp³-hybridized carbons (Fsp3) is 0.364. The fourth-order valence-electron chi connectivity index (χ4n) is 3.04. The zero-order valence-corrected chi connectivity index (χ0v) is 18.3. The number of nitrogens with zero attached hydrogens (tertiary/aromatic N) is 2. The van der Waals surface area contributed by atoms with E-state index in [2.05, 4.69) is 10.5 Å². The monoisotopic (exact) mass is 433 g/mol. The molecular formula is C22H25Cl2N3O2. The van der Waals surface area contributed by atoms with Crippen molar-refractivity contribution in [3.63, 3.8) is 0 Å². The van der Waals surface area contributed by atoms with Crippen LogP contribution in [0.25, 0.3) is 0 Å². The van der Waals surface area contributed by atoms with Gasteiger partial charge in [0.25, 0.3) is 0 Å². The van der Waals surface area contributed by atoms with Gasteiger partial charge < -0.3 is 15.1 Å². The molecule has 1 N–H and O–H groups in total. The summed E-state index contributed by atoms with van der Waals surface area (Å²) in [5.41, 5.74) is 2.39. The predicted molar refractivity (Wildman–Crippen MR) is 118 cm³/mol. The molecule has 0 fully saturated rings. The number of amides is 2. The molecule has 0 radical (unpaired) electrons. The van der Waals surface area contributed by atoms with Gasteiger partial charge in [-0.1, -0.05) is 64.8 Å². The Morgan fingerprint density at radius 3 is 2.55 bits per heavy atom. The minimum absolute atomic E-state index is 0.132. The van der Waals surface area contributed by atoms with E-state index >= 15 is 0 Å². The summed E-state index contributed by atoms with van der Waals surface area (Å²) in [5.74, 6) is 0.